The summed E-state index contributed by atoms with van der Waals surface area (Å²) in [6.07, 6.45) is 2.32. The Kier molecular flexibility index (Phi) is 6.00. The number of aromatic nitrogens is 3. The largest absolute Gasteiger partial charge is 0.495 e. The van der Waals surface area contributed by atoms with Gasteiger partial charge in [0.25, 0.3) is 0 Å². The van der Waals surface area contributed by atoms with Crippen molar-refractivity contribution in [3.8, 4) is 5.75 Å². The van der Waals surface area contributed by atoms with E-state index in [1.165, 1.54) is 25.8 Å². The molecule has 1 heterocycles. The van der Waals surface area contributed by atoms with E-state index in [0.29, 0.717) is 23.0 Å². The number of methoxy groups -OCH3 is 1. The van der Waals surface area contributed by atoms with E-state index in [9.17, 15) is 9.59 Å². The fourth-order valence-electron chi connectivity index (χ4n) is 2.75. The molecule has 144 valence electrons. The number of hydrogen-bond acceptors (Lipinski definition) is 6. The van der Waals surface area contributed by atoms with Gasteiger partial charge in [-0.25, -0.2) is 0 Å². The summed E-state index contributed by atoms with van der Waals surface area (Å²) in [4.78, 5) is 23.6. The lowest BCUT2D eigenvalue weighted by Gasteiger charge is -2.12. The van der Waals surface area contributed by atoms with E-state index < -0.39 is 0 Å². The van der Waals surface area contributed by atoms with Crippen molar-refractivity contribution in [2.75, 3.05) is 23.5 Å². The number of carbonyl (C=O) groups is 2. The van der Waals surface area contributed by atoms with Crippen LogP contribution in [0.1, 0.15) is 38.4 Å². The Morgan fingerprint density at radius 1 is 1.30 bits per heavy atom. The van der Waals surface area contributed by atoms with Crippen LogP contribution in [0.3, 0.4) is 0 Å². The number of amides is 2. The second-order valence-electron chi connectivity index (χ2n) is 6.29. The average Bonchev–Trinajstić information content (AvgIpc) is 3.39. The molecule has 0 aliphatic heterocycles. The molecule has 9 heteroatoms. The molecular weight excluding hydrogens is 366 g/mol. The molecule has 1 saturated carbocycles. The first-order chi connectivity index (χ1) is 13.0. The summed E-state index contributed by atoms with van der Waals surface area (Å²) in [6.45, 7) is 4.27. The third-order valence-electron chi connectivity index (χ3n) is 4.13. The average molecular weight is 389 g/mol. The molecule has 0 unspecified atom stereocenters. The lowest BCUT2D eigenvalue weighted by molar-refractivity contribution is -0.114. The summed E-state index contributed by atoms with van der Waals surface area (Å²) >= 11 is 1.36. The third-order valence-corrected chi connectivity index (χ3v) is 5.10. The predicted octanol–water partition coefficient (Wildman–Crippen LogP) is 2.87. The van der Waals surface area contributed by atoms with Gasteiger partial charge < -0.3 is 19.9 Å². The van der Waals surface area contributed by atoms with Crippen molar-refractivity contribution >= 4 is 35.0 Å². The predicted molar refractivity (Wildman–Crippen MR) is 104 cm³/mol. The first-order valence-electron chi connectivity index (χ1n) is 8.83. The Morgan fingerprint density at radius 2 is 2.07 bits per heavy atom. The second-order valence-corrected chi connectivity index (χ2v) is 7.23. The molecule has 2 amide bonds. The van der Waals surface area contributed by atoms with Gasteiger partial charge in [0.1, 0.15) is 11.6 Å². The molecule has 3 rings (SSSR count). The molecule has 1 aromatic carbocycles. The number of hydrogen-bond donors (Lipinski definition) is 2. The van der Waals surface area contributed by atoms with Crippen LogP contribution in [-0.2, 0) is 16.1 Å². The number of benzene rings is 1. The first-order valence-corrected chi connectivity index (χ1v) is 9.81. The maximum Gasteiger partial charge on any atom is 0.234 e. The summed E-state index contributed by atoms with van der Waals surface area (Å²) in [6, 6.07) is 5.08. The molecule has 2 N–H and O–H groups in total. The van der Waals surface area contributed by atoms with E-state index in [-0.39, 0.29) is 17.6 Å². The molecule has 2 aromatic rings. The summed E-state index contributed by atoms with van der Waals surface area (Å²) < 4.78 is 7.36. The van der Waals surface area contributed by atoms with Crippen molar-refractivity contribution in [1.82, 2.24) is 14.8 Å². The molecule has 1 fully saturated rings. The molecule has 0 radical (unpaired) electrons. The number of thioether (sulfide) groups is 1. The SMILES string of the molecule is CCn1c(SCC(=O)Nc2cc(NC(C)=O)ccc2OC)nnc1C1CC1. The number of anilines is 2. The molecular formula is C18H23N5O3S. The van der Waals surface area contributed by atoms with E-state index in [1.54, 1.807) is 18.2 Å². The van der Waals surface area contributed by atoms with Crippen LogP contribution in [0, 0.1) is 0 Å². The highest BCUT2D eigenvalue weighted by molar-refractivity contribution is 7.99. The molecule has 0 saturated heterocycles. The third kappa shape index (κ3) is 4.79. The standard InChI is InChI=1S/C18H23N5O3S/c1-4-23-17(12-5-6-12)21-22-18(23)27-10-16(25)20-14-9-13(19-11(2)24)7-8-15(14)26-3/h7-9,12H,4-6,10H2,1-3H3,(H,19,24)(H,20,25). The number of nitrogens with one attached hydrogen (secondary N) is 2. The quantitative estimate of drug-likeness (QED) is 0.674. The highest BCUT2D eigenvalue weighted by Crippen LogP contribution is 2.40. The summed E-state index contributed by atoms with van der Waals surface area (Å²) in [5, 5.41) is 14.8. The summed E-state index contributed by atoms with van der Waals surface area (Å²) in [5.74, 6) is 1.90. The topological polar surface area (TPSA) is 98.1 Å². The van der Waals surface area contributed by atoms with Crippen molar-refractivity contribution in [1.29, 1.82) is 0 Å². The number of nitrogens with zero attached hydrogens (tertiary/aromatic N) is 3. The van der Waals surface area contributed by atoms with Gasteiger partial charge in [-0.15, -0.1) is 10.2 Å². The number of ether oxygens (including phenoxy) is 1. The molecule has 1 aliphatic carbocycles. The Bertz CT molecular complexity index is 848. The Balaban J connectivity index is 1.64. The van der Waals surface area contributed by atoms with Gasteiger partial charge in [-0.3, -0.25) is 9.59 Å². The van der Waals surface area contributed by atoms with Gasteiger partial charge in [-0.2, -0.15) is 0 Å². The Labute approximate surface area is 162 Å². The monoisotopic (exact) mass is 389 g/mol. The van der Waals surface area contributed by atoms with Crippen LogP contribution < -0.4 is 15.4 Å². The van der Waals surface area contributed by atoms with E-state index in [4.69, 9.17) is 4.74 Å². The van der Waals surface area contributed by atoms with Crippen molar-refractivity contribution in [3.05, 3.63) is 24.0 Å². The van der Waals surface area contributed by atoms with E-state index in [1.807, 2.05) is 0 Å². The van der Waals surface area contributed by atoms with Gasteiger partial charge in [0.15, 0.2) is 5.16 Å². The zero-order valence-corrected chi connectivity index (χ0v) is 16.4. The lowest BCUT2D eigenvalue weighted by atomic mass is 10.2. The molecule has 27 heavy (non-hydrogen) atoms. The molecule has 1 aromatic heterocycles. The molecule has 0 atom stereocenters. The minimum absolute atomic E-state index is 0.182. The summed E-state index contributed by atoms with van der Waals surface area (Å²) in [5.41, 5.74) is 1.09. The Hall–Kier alpha value is -2.55. The van der Waals surface area contributed by atoms with Gasteiger partial charge in [-0.1, -0.05) is 11.8 Å². The van der Waals surface area contributed by atoms with Gasteiger partial charge in [-0.05, 0) is 38.0 Å². The number of rotatable bonds is 8. The fraction of sp³-hybridized carbons (Fsp3) is 0.444. The lowest BCUT2D eigenvalue weighted by Crippen LogP contribution is -2.16. The van der Waals surface area contributed by atoms with E-state index in [2.05, 4.69) is 32.3 Å². The molecule has 8 nitrogen and oxygen atoms in total. The highest BCUT2D eigenvalue weighted by Gasteiger charge is 2.30. The van der Waals surface area contributed by atoms with E-state index >= 15 is 0 Å². The van der Waals surface area contributed by atoms with Crippen LogP contribution in [0.4, 0.5) is 11.4 Å². The minimum Gasteiger partial charge on any atom is -0.495 e. The molecule has 1 aliphatic rings. The highest BCUT2D eigenvalue weighted by atomic mass is 32.2. The fourth-order valence-corrected chi connectivity index (χ4v) is 3.56. The van der Waals surface area contributed by atoms with Crippen LogP contribution in [0.15, 0.2) is 23.4 Å². The van der Waals surface area contributed by atoms with Crippen LogP contribution in [0.25, 0.3) is 0 Å². The zero-order valence-electron chi connectivity index (χ0n) is 15.6. The smallest absolute Gasteiger partial charge is 0.234 e. The van der Waals surface area contributed by atoms with Crippen molar-refractivity contribution in [2.45, 2.75) is 44.3 Å². The second kappa shape index (κ2) is 8.43. The van der Waals surface area contributed by atoms with Crippen molar-refractivity contribution < 1.29 is 14.3 Å². The maximum atomic E-state index is 12.4. The van der Waals surface area contributed by atoms with E-state index in [0.717, 1.165) is 30.4 Å². The molecule has 0 bridgehead atoms. The van der Waals surface area contributed by atoms with Crippen LogP contribution >= 0.6 is 11.8 Å². The first kappa shape index (κ1) is 19.2. The Morgan fingerprint density at radius 3 is 2.70 bits per heavy atom. The normalized spacial score (nSPS) is 13.3. The van der Waals surface area contributed by atoms with Gasteiger partial charge in [0, 0.05) is 25.1 Å². The maximum absolute atomic E-state index is 12.4. The summed E-state index contributed by atoms with van der Waals surface area (Å²) in [7, 11) is 1.53. The minimum atomic E-state index is -0.183. The van der Waals surface area contributed by atoms with Gasteiger partial charge in [0.2, 0.25) is 11.8 Å². The molecule has 0 spiro atoms. The van der Waals surface area contributed by atoms with Crippen LogP contribution in [-0.4, -0.2) is 39.4 Å². The zero-order chi connectivity index (χ0) is 19.4. The van der Waals surface area contributed by atoms with Crippen LogP contribution in [0.5, 0.6) is 5.75 Å². The number of carbonyl (C=O) groups excluding carboxylic acids is 2. The van der Waals surface area contributed by atoms with Gasteiger partial charge in [0.05, 0.1) is 18.6 Å². The van der Waals surface area contributed by atoms with Crippen LogP contribution in [0.2, 0.25) is 0 Å². The van der Waals surface area contributed by atoms with Crippen molar-refractivity contribution in [2.24, 2.45) is 0 Å². The van der Waals surface area contributed by atoms with Gasteiger partial charge >= 0.3 is 0 Å². The van der Waals surface area contributed by atoms with Crippen molar-refractivity contribution in [3.63, 3.8) is 0 Å².